The summed E-state index contributed by atoms with van der Waals surface area (Å²) in [5.41, 5.74) is 0.357. The van der Waals surface area contributed by atoms with E-state index in [1.165, 1.54) is 16.2 Å². The van der Waals surface area contributed by atoms with Gasteiger partial charge in [0.05, 0.1) is 5.41 Å². The molecule has 0 atom stereocenters. The van der Waals surface area contributed by atoms with Gasteiger partial charge in [0.2, 0.25) is 0 Å². The van der Waals surface area contributed by atoms with Crippen LogP contribution in [0.15, 0.2) is 35.7 Å². The van der Waals surface area contributed by atoms with Crippen LogP contribution in [-0.2, 0) is 0 Å². The number of para-hydroxylation sites is 1. The second kappa shape index (κ2) is 4.74. The lowest BCUT2D eigenvalue weighted by atomic mass is 9.95. The number of amides is 1. The van der Waals surface area contributed by atoms with Crippen LogP contribution < -0.4 is 4.90 Å². The average molecular weight is 335 g/mol. The SMILES string of the molecule is CN(c1ccccc1)c1nc(C(=O)N2CC3(C2)CC3(F)F)cs1. The molecule has 1 aromatic carbocycles. The highest BCUT2D eigenvalue weighted by Gasteiger charge is 2.76. The van der Waals surface area contributed by atoms with Gasteiger partial charge in [-0.25, -0.2) is 13.8 Å². The topological polar surface area (TPSA) is 36.4 Å². The Morgan fingerprint density at radius 2 is 1.96 bits per heavy atom. The lowest BCUT2D eigenvalue weighted by Gasteiger charge is -2.39. The fourth-order valence-electron chi connectivity index (χ4n) is 2.99. The third kappa shape index (κ3) is 2.22. The number of benzene rings is 1. The molecule has 1 aliphatic carbocycles. The number of halogens is 2. The second-order valence-electron chi connectivity index (χ2n) is 6.23. The van der Waals surface area contributed by atoms with E-state index >= 15 is 0 Å². The molecule has 0 bridgehead atoms. The van der Waals surface area contributed by atoms with E-state index in [0.29, 0.717) is 10.8 Å². The first-order valence-electron chi connectivity index (χ1n) is 7.33. The van der Waals surface area contributed by atoms with E-state index in [1.54, 1.807) is 5.38 Å². The van der Waals surface area contributed by atoms with Gasteiger partial charge in [-0.1, -0.05) is 18.2 Å². The number of hydrogen-bond acceptors (Lipinski definition) is 4. The zero-order valence-electron chi connectivity index (χ0n) is 12.5. The van der Waals surface area contributed by atoms with Crippen LogP contribution in [0.5, 0.6) is 0 Å². The number of rotatable bonds is 3. The fourth-order valence-corrected chi connectivity index (χ4v) is 3.78. The summed E-state index contributed by atoms with van der Waals surface area (Å²) in [4.78, 5) is 20.0. The van der Waals surface area contributed by atoms with Crippen molar-refractivity contribution in [1.82, 2.24) is 9.88 Å². The predicted octanol–water partition coefficient (Wildman–Crippen LogP) is 3.39. The Labute approximate surface area is 136 Å². The van der Waals surface area contributed by atoms with Gasteiger partial charge in [0.1, 0.15) is 5.69 Å². The third-order valence-electron chi connectivity index (χ3n) is 4.63. The van der Waals surface area contributed by atoms with E-state index < -0.39 is 11.3 Å². The monoisotopic (exact) mass is 335 g/mol. The zero-order valence-corrected chi connectivity index (χ0v) is 13.3. The van der Waals surface area contributed by atoms with E-state index in [4.69, 9.17) is 0 Å². The number of aromatic nitrogens is 1. The van der Waals surface area contributed by atoms with Crippen molar-refractivity contribution in [3.8, 4) is 0 Å². The van der Waals surface area contributed by atoms with Crippen molar-refractivity contribution in [3.63, 3.8) is 0 Å². The van der Waals surface area contributed by atoms with Crippen LogP contribution in [0.1, 0.15) is 16.9 Å². The number of carbonyl (C=O) groups is 1. The second-order valence-corrected chi connectivity index (χ2v) is 7.07. The Hall–Kier alpha value is -2.02. The average Bonchev–Trinajstić information content (AvgIpc) is 2.88. The molecule has 0 unspecified atom stereocenters. The summed E-state index contributed by atoms with van der Waals surface area (Å²) in [6.45, 7) is 0.278. The smallest absolute Gasteiger partial charge is 0.273 e. The maximum Gasteiger partial charge on any atom is 0.273 e. The summed E-state index contributed by atoms with van der Waals surface area (Å²) in [7, 11) is 1.88. The first-order valence-corrected chi connectivity index (χ1v) is 8.21. The minimum atomic E-state index is -2.59. The number of thiazole rings is 1. The maximum absolute atomic E-state index is 13.2. The fraction of sp³-hybridized carbons (Fsp3) is 0.375. The van der Waals surface area contributed by atoms with Gasteiger partial charge in [-0.3, -0.25) is 4.79 Å². The molecule has 1 aromatic heterocycles. The molecule has 2 aliphatic rings. The number of carbonyl (C=O) groups excluding carboxylic acids is 1. The summed E-state index contributed by atoms with van der Waals surface area (Å²) >= 11 is 1.37. The van der Waals surface area contributed by atoms with Crippen LogP contribution in [0, 0.1) is 5.41 Å². The first-order chi connectivity index (χ1) is 10.9. The van der Waals surface area contributed by atoms with Crippen LogP contribution in [0.2, 0.25) is 0 Å². The standard InChI is InChI=1S/C16H15F2N3OS/c1-20(11-5-3-2-4-6-11)14-19-12(7-23-14)13(22)21-9-15(10-21)8-16(15,17)18/h2-7H,8-10H2,1H3. The molecule has 1 saturated heterocycles. The number of likely N-dealkylation sites (tertiary alicyclic amines) is 1. The molecular weight excluding hydrogens is 320 g/mol. The highest BCUT2D eigenvalue weighted by Crippen LogP contribution is 2.65. The van der Waals surface area contributed by atoms with Gasteiger partial charge in [0, 0.05) is 37.6 Å². The quantitative estimate of drug-likeness (QED) is 0.863. The lowest BCUT2D eigenvalue weighted by molar-refractivity contribution is -0.0155. The molecule has 1 amide bonds. The van der Waals surface area contributed by atoms with Crippen LogP contribution >= 0.6 is 11.3 Å². The molecule has 7 heteroatoms. The van der Waals surface area contributed by atoms with Crippen molar-refractivity contribution < 1.29 is 13.6 Å². The van der Waals surface area contributed by atoms with Crippen molar-refractivity contribution in [1.29, 1.82) is 0 Å². The molecule has 1 aliphatic heterocycles. The predicted molar refractivity (Wildman–Crippen MR) is 84.5 cm³/mol. The molecule has 2 aromatic rings. The number of anilines is 2. The molecule has 0 N–H and O–H groups in total. The Bertz CT molecular complexity index is 756. The molecular formula is C16H15F2N3OS. The van der Waals surface area contributed by atoms with Crippen molar-refractivity contribution in [3.05, 3.63) is 41.4 Å². The van der Waals surface area contributed by atoms with Gasteiger partial charge >= 0.3 is 0 Å². The number of alkyl halides is 2. The first kappa shape index (κ1) is 14.6. The lowest BCUT2D eigenvalue weighted by Crippen LogP contribution is -2.54. The van der Waals surface area contributed by atoms with Crippen molar-refractivity contribution in [2.45, 2.75) is 12.3 Å². The minimum Gasteiger partial charge on any atom is -0.336 e. The molecule has 120 valence electrons. The van der Waals surface area contributed by atoms with Crippen LogP contribution in [0.3, 0.4) is 0 Å². The Morgan fingerprint density at radius 3 is 2.57 bits per heavy atom. The largest absolute Gasteiger partial charge is 0.336 e. The van der Waals surface area contributed by atoms with Gasteiger partial charge in [-0.15, -0.1) is 11.3 Å². The summed E-state index contributed by atoms with van der Waals surface area (Å²) in [5.74, 6) is -2.85. The summed E-state index contributed by atoms with van der Waals surface area (Å²) in [6, 6.07) is 9.71. The summed E-state index contributed by atoms with van der Waals surface area (Å²) < 4.78 is 26.4. The molecule has 1 spiro atoms. The molecule has 23 heavy (non-hydrogen) atoms. The van der Waals surface area contributed by atoms with Gasteiger partial charge < -0.3 is 9.80 Å². The highest BCUT2D eigenvalue weighted by atomic mass is 32.1. The maximum atomic E-state index is 13.2. The van der Waals surface area contributed by atoms with Gasteiger partial charge in [0.15, 0.2) is 5.13 Å². The molecule has 4 rings (SSSR count). The van der Waals surface area contributed by atoms with E-state index in [1.807, 2.05) is 42.3 Å². The Kier molecular flexibility index (Phi) is 3.00. The molecule has 0 radical (unpaired) electrons. The zero-order chi connectivity index (χ0) is 16.2. The Balaban J connectivity index is 1.45. The summed E-state index contributed by atoms with van der Waals surface area (Å²) in [5, 5.41) is 2.39. The van der Waals surface area contributed by atoms with Crippen molar-refractivity contribution in [2.75, 3.05) is 25.0 Å². The third-order valence-corrected chi connectivity index (χ3v) is 5.54. The molecule has 1 saturated carbocycles. The molecule has 2 heterocycles. The molecule has 2 fully saturated rings. The van der Waals surface area contributed by atoms with Crippen molar-refractivity contribution in [2.24, 2.45) is 5.41 Å². The minimum absolute atomic E-state index is 0.0944. The van der Waals surface area contributed by atoms with E-state index in [2.05, 4.69) is 4.98 Å². The van der Waals surface area contributed by atoms with E-state index in [-0.39, 0.29) is 25.4 Å². The molecule has 4 nitrogen and oxygen atoms in total. The van der Waals surface area contributed by atoms with Crippen LogP contribution in [0.4, 0.5) is 19.6 Å². The highest BCUT2D eigenvalue weighted by molar-refractivity contribution is 7.14. The van der Waals surface area contributed by atoms with E-state index in [0.717, 1.165) is 5.69 Å². The Morgan fingerprint density at radius 1 is 1.30 bits per heavy atom. The van der Waals surface area contributed by atoms with Crippen LogP contribution in [-0.4, -0.2) is 41.9 Å². The number of nitrogens with zero attached hydrogens (tertiary/aromatic N) is 3. The van der Waals surface area contributed by atoms with Crippen molar-refractivity contribution >= 4 is 28.1 Å². The van der Waals surface area contributed by atoms with Gasteiger partial charge in [0.25, 0.3) is 11.8 Å². The number of hydrogen-bond donors (Lipinski definition) is 0. The van der Waals surface area contributed by atoms with E-state index in [9.17, 15) is 13.6 Å². The van der Waals surface area contributed by atoms with Gasteiger partial charge in [-0.2, -0.15) is 0 Å². The normalized spacial score (nSPS) is 20.2. The summed E-state index contributed by atoms with van der Waals surface area (Å²) in [6.07, 6.45) is -0.0944. The van der Waals surface area contributed by atoms with Gasteiger partial charge in [-0.05, 0) is 12.1 Å². The van der Waals surface area contributed by atoms with Crippen LogP contribution in [0.25, 0.3) is 0 Å².